The molecule has 0 fully saturated rings. The molecule has 2 heterocycles. The van der Waals surface area contributed by atoms with Gasteiger partial charge >= 0.3 is 0 Å². The molecule has 228 valence electrons. The minimum Gasteiger partial charge on any atom is -0.264 e. The van der Waals surface area contributed by atoms with Crippen molar-refractivity contribution in [3.63, 3.8) is 0 Å². The molecular weight excluding hydrogens is 597 g/mol. The molecule has 10 rings (SSSR count). The second-order valence-corrected chi connectivity index (χ2v) is 12.5. The summed E-state index contributed by atoms with van der Waals surface area (Å²) in [7, 11) is 0. The predicted molar refractivity (Wildman–Crippen MR) is 203 cm³/mol. The summed E-state index contributed by atoms with van der Waals surface area (Å²) in [5.41, 5.74) is 9.66. The Morgan fingerprint density at radius 2 is 0.959 bits per heavy atom. The van der Waals surface area contributed by atoms with E-state index in [-0.39, 0.29) is 0 Å². The molecule has 0 unspecified atom stereocenters. The molecule has 0 aliphatic heterocycles. The fourth-order valence-electron chi connectivity index (χ4n) is 7.51. The molecule has 0 aliphatic carbocycles. The molecule has 0 amide bonds. The van der Waals surface area contributed by atoms with E-state index in [1.165, 1.54) is 59.8 Å². The first-order valence-corrected chi connectivity index (χ1v) is 16.5. The van der Waals surface area contributed by atoms with E-state index in [9.17, 15) is 0 Å². The number of benzene rings is 8. The van der Waals surface area contributed by atoms with Gasteiger partial charge < -0.3 is 0 Å². The minimum absolute atomic E-state index is 0.862. The van der Waals surface area contributed by atoms with E-state index in [4.69, 9.17) is 10.2 Å². The van der Waals surface area contributed by atoms with Gasteiger partial charge in [-0.1, -0.05) is 121 Å². The van der Waals surface area contributed by atoms with Crippen LogP contribution in [-0.2, 0) is 0 Å². The van der Waals surface area contributed by atoms with Crippen molar-refractivity contribution in [3.05, 3.63) is 170 Å². The topological polar surface area (TPSA) is 43.6 Å². The summed E-state index contributed by atoms with van der Waals surface area (Å²) in [6.07, 6.45) is 3.78. The summed E-state index contributed by atoms with van der Waals surface area (Å²) in [6, 6.07) is 56.0. The summed E-state index contributed by atoms with van der Waals surface area (Å²) in [5, 5.41) is 19.7. The van der Waals surface area contributed by atoms with Gasteiger partial charge in [-0.2, -0.15) is 4.80 Å². The SMILES string of the molecule is c1cncc(-c2c3ccccc3c(-c3ccc(-n4nc5ccc(-c6cc7ccccc7c7ccccc67)cc5n4)cc3)c3ccccc23)c1. The van der Waals surface area contributed by atoms with Crippen LogP contribution in [0.15, 0.2) is 170 Å². The van der Waals surface area contributed by atoms with Crippen molar-refractivity contribution in [2.75, 3.05) is 0 Å². The maximum atomic E-state index is 4.96. The van der Waals surface area contributed by atoms with Gasteiger partial charge in [0.1, 0.15) is 11.0 Å². The molecule has 0 bridgehead atoms. The van der Waals surface area contributed by atoms with Gasteiger partial charge in [0.15, 0.2) is 0 Å². The maximum absolute atomic E-state index is 4.96. The number of hydrogen-bond donors (Lipinski definition) is 0. The van der Waals surface area contributed by atoms with Crippen molar-refractivity contribution in [1.29, 1.82) is 0 Å². The molecular formula is C45H28N4. The van der Waals surface area contributed by atoms with Gasteiger partial charge in [0, 0.05) is 18.0 Å². The molecule has 0 saturated carbocycles. The molecule has 0 saturated heterocycles. The number of hydrogen-bond acceptors (Lipinski definition) is 3. The Morgan fingerprint density at radius 1 is 0.388 bits per heavy atom. The van der Waals surface area contributed by atoms with E-state index in [1.54, 1.807) is 4.80 Å². The smallest absolute Gasteiger partial charge is 0.114 e. The summed E-state index contributed by atoms with van der Waals surface area (Å²) in [6.45, 7) is 0. The Morgan fingerprint density at radius 3 is 1.63 bits per heavy atom. The highest BCUT2D eigenvalue weighted by Gasteiger charge is 2.17. The van der Waals surface area contributed by atoms with Crippen molar-refractivity contribution < 1.29 is 0 Å². The van der Waals surface area contributed by atoms with Crippen molar-refractivity contribution in [2.24, 2.45) is 0 Å². The lowest BCUT2D eigenvalue weighted by Gasteiger charge is -2.17. The molecule has 10 aromatic rings. The molecule has 8 aromatic carbocycles. The van der Waals surface area contributed by atoms with Crippen LogP contribution in [0.5, 0.6) is 0 Å². The predicted octanol–water partition coefficient (Wildman–Crippen LogP) is 11.4. The van der Waals surface area contributed by atoms with Gasteiger partial charge in [0.05, 0.1) is 5.69 Å². The molecule has 0 N–H and O–H groups in total. The Labute approximate surface area is 282 Å². The second kappa shape index (κ2) is 11.0. The van der Waals surface area contributed by atoms with Gasteiger partial charge in [-0.25, -0.2) is 0 Å². The highest BCUT2D eigenvalue weighted by molar-refractivity contribution is 6.21. The van der Waals surface area contributed by atoms with Crippen LogP contribution >= 0.6 is 0 Å². The third-order valence-electron chi connectivity index (χ3n) is 9.73. The summed E-state index contributed by atoms with van der Waals surface area (Å²) in [4.78, 5) is 6.19. The fraction of sp³-hybridized carbons (Fsp3) is 0. The zero-order valence-electron chi connectivity index (χ0n) is 26.5. The van der Waals surface area contributed by atoms with Crippen LogP contribution in [0.25, 0.3) is 93.2 Å². The van der Waals surface area contributed by atoms with Crippen molar-refractivity contribution >= 4 is 54.1 Å². The number of aromatic nitrogens is 4. The summed E-state index contributed by atoms with van der Waals surface area (Å²) < 4.78 is 0. The van der Waals surface area contributed by atoms with Crippen LogP contribution in [0.4, 0.5) is 0 Å². The number of rotatable bonds is 4. The van der Waals surface area contributed by atoms with Crippen LogP contribution in [0.1, 0.15) is 0 Å². The van der Waals surface area contributed by atoms with Gasteiger partial charge in [0.25, 0.3) is 0 Å². The van der Waals surface area contributed by atoms with Gasteiger partial charge in [-0.05, 0) is 107 Å². The van der Waals surface area contributed by atoms with Crippen molar-refractivity contribution in [2.45, 2.75) is 0 Å². The van der Waals surface area contributed by atoms with Crippen LogP contribution in [0.3, 0.4) is 0 Å². The van der Waals surface area contributed by atoms with Gasteiger partial charge in [0.2, 0.25) is 0 Å². The molecule has 2 aromatic heterocycles. The Kier molecular flexibility index (Phi) is 6.15. The Balaban J connectivity index is 1.07. The van der Waals surface area contributed by atoms with E-state index in [2.05, 4.69) is 157 Å². The van der Waals surface area contributed by atoms with E-state index < -0.39 is 0 Å². The zero-order valence-corrected chi connectivity index (χ0v) is 26.5. The minimum atomic E-state index is 0.862. The lowest BCUT2D eigenvalue weighted by molar-refractivity contribution is 0.766. The molecule has 0 aliphatic rings. The molecule has 0 radical (unpaired) electrons. The standard InChI is InChI=1S/C45H28N4/c1-2-12-34-30(10-1)26-41(36-14-4-3-13-35(34)36)31-21-24-42-43(27-31)48-49(47-42)33-22-19-29(20-23-33)44-37-15-5-7-17-39(37)45(32-11-9-25-46-28-32)40-18-8-6-16-38(40)44/h1-28H. The van der Waals surface area contributed by atoms with E-state index >= 15 is 0 Å². The monoisotopic (exact) mass is 624 g/mol. The maximum Gasteiger partial charge on any atom is 0.114 e. The fourth-order valence-corrected chi connectivity index (χ4v) is 7.51. The van der Waals surface area contributed by atoms with E-state index in [0.29, 0.717) is 0 Å². The lowest BCUT2D eigenvalue weighted by atomic mass is 9.86. The third kappa shape index (κ3) is 4.42. The lowest BCUT2D eigenvalue weighted by Crippen LogP contribution is -1.98. The van der Waals surface area contributed by atoms with Crippen LogP contribution in [0, 0.1) is 0 Å². The average Bonchev–Trinajstić information content (AvgIpc) is 3.61. The molecule has 49 heavy (non-hydrogen) atoms. The molecule has 0 spiro atoms. The largest absolute Gasteiger partial charge is 0.264 e. The molecule has 0 atom stereocenters. The van der Waals surface area contributed by atoms with Gasteiger partial charge in [-0.3, -0.25) is 4.98 Å². The quantitative estimate of drug-likeness (QED) is 0.145. The zero-order chi connectivity index (χ0) is 32.3. The number of nitrogens with zero attached hydrogens (tertiary/aromatic N) is 4. The van der Waals surface area contributed by atoms with Gasteiger partial charge in [-0.15, -0.1) is 10.2 Å². The normalized spacial score (nSPS) is 11.7. The number of fused-ring (bicyclic) bond motifs is 6. The average molecular weight is 625 g/mol. The van der Waals surface area contributed by atoms with E-state index in [1.807, 2.05) is 18.5 Å². The first-order chi connectivity index (χ1) is 24.3. The molecule has 4 nitrogen and oxygen atoms in total. The van der Waals surface area contributed by atoms with E-state index in [0.717, 1.165) is 33.4 Å². The Hall–Kier alpha value is -6.65. The number of pyridine rings is 1. The first kappa shape index (κ1) is 27.5. The summed E-state index contributed by atoms with van der Waals surface area (Å²) >= 11 is 0. The highest BCUT2D eigenvalue weighted by Crippen LogP contribution is 2.43. The van der Waals surface area contributed by atoms with Crippen LogP contribution < -0.4 is 0 Å². The van der Waals surface area contributed by atoms with Crippen LogP contribution in [0.2, 0.25) is 0 Å². The second-order valence-electron chi connectivity index (χ2n) is 12.5. The van der Waals surface area contributed by atoms with Crippen molar-refractivity contribution in [3.8, 4) is 39.1 Å². The molecule has 4 heteroatoms. The van der Waals surface area contributed by atoms with Crippen molar-refractivity contribution in [1.82, 2.24) is 20.0 Å². The first-order valence-electron chi connectivity index (χ1n) is 16.5. The highest BCUT2D eigenvalue weighted by atomic mass is 15.5. The van der Waals surface area contributed by atoms with Crippen LogP contribution in [-0.4, -0.2) is 20.0 Å². The summed E-state index contributed by atoms with van der Waals surface area (Å²) in [5.74, 6) is 0. The Bertz CT molecular complexity index is 2810. The third-order valence-corrected chi connectivity index (χ3v) is 9.73.